The lowest BCUT2D eigenvalue weighted by molar-refractivity contribution is 0.122. The number of morpholine rings is 3. The van der Waals surface area contributed by atoms with Gasteiger partial charge in [0.15, 0.2) is 17.5 Å². The summed E-state index contributed by atoms with van der Waals surface area (Å²) in [6, 6.07) is 27.0. The summed E-state index contributed by atoms with van der Waals surface area (Å²) in [6.07, 6.45) is 30.3. The molecule has 0 unspecified atom stereocenters. The molecule has 3 fully saturated rings. The van der Waals surface area contributed by atoms with Crippen LogP contribution in [0.15, 0.2) is 185 Å². The van der Waals surface area contributed by atoms with E-state index in [9.17, 15) is 4.39 Å². The minimum absolute atomic E-state index is 0.224. The van der Waals surface area contributed by atoms with Gasteiger partial charge in [0.25, 0.3) is 0 Å². The first-order chi connectivity index (χ1) is 48.1. The van der Waals surface area contributed by atoms with Gasteiger partial charge in [-0.2, -0.15) is 0 Å². The molecule has 498 valence electrons. The van der Waals surface area contributed by atoms with Crippen molar-refractivity contribution in [1.29, 1.82) is 0 Å². The van der Waals surface area contributed by atoms with Gasteiger partial charge >= 0.3 is 0 Å². The summed E-state index contributed by atoms with van der Waals surface area (Å²) in [6.45, 7) is 24.2. The van der Waals surface area contributed by atoms with Crippen molar-refractivity contribution in [2.24, 2.45) is 0 Å². The molecule has 0 bridgehead atoms. The van der Waals surface area contributed by atoms with E-state index in [4.69, 9.17) is 40.8 Å². The zero-order chi connectivity index (χ0) is 67.0. The van der Waals surface area contributed by atoms with E-state index in [2.05, 4.69) is 122 Å². The van der Waals surface area contributed by atoms with Gasteiger partial charge in [0.05, 0.1) is 109 Å². The predicted molar refractivity (Wildman–Crippen MR) is 385 cm³/mol. The average molecular weight is 1330 g/mol. The summed E-state index contributed by atoms with van der Waals surface area (Å²) in [4.78, 5) is 52.7. The van der Waals surface area contributed by atoms with Crippen molar-refractivity contribution in [3.05, 3.63) is 280 Å². The Bertz CT molecular complexity index is 4360. The van der Waals surface area contributed by atoms with Crippen LogP contribution in [0.25, 0.3) is 33.8 Å². The quantitative estimate of drug-likeness (QED) is 0.0612. The van der Waals surface area contributed by atoms with Gasteiger partial charge in [0, 0.05) is 172 Å². The molecular formula is C77H78ClFN16O3. The fourth-order valence-corrected chi connectivity index (χ4v) is 12.6. The Morgan fingerprint density at radius 3 is 1.19 bits per heavy atom. The molecule has 19 nitrogen and oxygen atoms in total. The van der Waals surface area contributed by atoms with E-state index in [-0.39, 0.29) is 5.82 Å². The number of hydrogen-bond acceptors (Lipinski definition) is 19. The Kier molecular flexibility index (Phi) is 21.7. The van der Waals surface area contributed by atoms with Gasteiger partial charge in [-0.3, -0.25) is 19.9 Å². The van der Waals surface area contributed by atoms with Crippen molar-refractivity contribution in [2.45, 2.75) is 38.5 Å². The van der Waals surface area contributed by atoms with Crippen LogP contribution in [0.5, 0.6) is 0 Å². The maximum Gasteiger partial charge on any atom is 0.174 e. The standard InChI is InChI=1S/C26H26ClN5O.C26H26FN5O.C25H26N6O/c1-18(28-9-8-19-4-2-3-5-24(19)27)26-30-15-20(16-31-26)22-6-7-25-23(22)14-21(17-29-25)32-10-12-33-13-11-32;1-18(28-9-8-19-2-4-21(27)5-3-19)26-30-15-20(16-31-26)23-6-7-25-24(23)14-22(17-29-25)32-10-12-33-13-11-32;1-18(26-9-7-20-4-2-3-8-27-20)25-29-15-19(16-30-25)22-5-6-24-23(22)14-21(17-28-24)31-10-12-32-13-11-31/h2*2-6,14-17,28H,1,7-13H2;2-5,8,14-17,26H,1,6-7,9-13H2. The van der Waals surface area contributed by atoms with E-state index >= 15 is 0 Å². The number of rotatable bonds is 21. The predicted octanol–water partition coefficient (Wildman–Crippen LogP) is 10.7. The largest absolute Gasteiger partial charge is 0.382 e. The summed E-state index contributed by atoms with van der Waals surface area (Å²) in [5.74, 6) is 1.54. The molecule has 10 heterocycles. The topological polar surface area (TPSA) is 202 Å². The molecule has 0 spiro atoms. The number of aromatic nitrogens is 10. The van der Waals surface area contributed by atoms with Crippen LogP contribution in [0.2, 0.25) is 5.02 Å². The van der Waals surface area contributed by atoms with Gasteiger partial charge in [0.2, 0.25) is 0 Å². The highest BCUT2D eigenvalue weighted by atomic mass is 35.5. The van der Waals surface area contributed by atoms with Crippen LogP contribution in [0.3, 0.4) is 0 Å². The van der Waals surface area contributed by atoms with Gasteiger partial charge in [0.1, 0.15) is 5.82 Å². The third kappa shape index (κ3) is 16.5. The van der Waals surface area contributed by atoms with E-state index in [1.807, 2.05) is 98.2 Å². The van der Waals surface area contributed by atoms with Crippen LogP contribution >= 0.6 is 11.6 Å². The molecule has 0 amide bonds. The third-order valence-corrected chi connectivity index (χ3v) is 18.2. The number of nitrogens with one attached hydrogen (secondary N) is 3. The smallest absolute Gasteiger partial charge is 0.174 e. The lowest BCUT2D eigenvalue weighted by Gasteiger charge is -2.29. The zero-order valence-corrected chi connectivity index (χ0v) is 55.6. The van der Waals surface area contributed by atoms with Gasteiger partial charge in [-0.15, -0.1) is 0 Å². The van der Waals surface area contributed by atoms with Crippen molar-refractivity contribution in [2.75, 3.05) is 113 Å². The van der Waals surface area contributed by atoms with Crippen molar-refractivity contribution in [3.8, 4) is 0 Å². The Labute approximate surface area is 576 Å². The number of hydrogen-bond donors (Lipinski definition) is 3. The number of pyridine rings is 4. The second-order valence-corrected chi connectivity index (χ2v) is 24.6. The number of allylic oxidation sites excluding steroid dienone is 3. The first kappa shape index (κ1) is 66.2. The summed E-state index contributed by atoms with van der Waals surface area (Å²) < 4.78 is 29.5. The van der Waals surface area contributed by atoms with Crippen LogP contribution in [-0.2, 0) is 52.7 Å². The van der Waals surface area contributed by atoms with Gasteiger partial charge in [-0.05, 0) is 89.2 Å². The SMILES string of the molecule is C=C(NCCc1ccc(F)cc1)c1ncc(C2=CCc3ncc(N4CCOCC4)cc32)cn1.C=C(NCCc1ccccc1Cl)c1ncc(C2=CCc3ncc(N4CCOCC4)cc32)cn1.C=C(NCCc1ccccn1)c1ncc(C2=CCc3ncc(N4CCOCC4)cc32)cn1. The number of benzene rings is 2. The fourth-order valence-electron chi connectivity index (χ4n) is 12.4. The molecule has 3 aliphatic carbocycles. The van der Waals surface area contributed by atoms with Crippen LogP contribution in [0, 0.1) is 5.82 Å². The second kappa shape index (κ2) is 32.1. The minimum Gasteiger partial charge on any atom is -0.382 e. The second-order valence-electron chi connectivity index (χ2n) is 24.2. The summed E-state index contributed by atoms with van der Waals surface area (Å²) in [7, 11) is 0. The lowest BCUT2D eigenvalue weighted by Crippen LogP contribution is -2.36. The number of nitrogens with zero attached hydrogens (tertiary/aromatic N) is 13. The van der Waals surface area contributed by atoms with Crippen molar-refractivity contribution in [1.82, 2.24) is 65.8 Å². The van der Waals surface area contributed by atoms with E-state index in [0.717, 1.165) is 230 Å². The number of halogens is 2. The Hall–Kier alpha value is -10.4. The molecule has 9 aromatic rings. The molecule has 0 radical (unpaired) electrons. The van der Waals surface area contributed by atoms with Gasteiger partial charge in [-0.25, -0.2) is 34.3 Å². The summed E-state index contributed by atoms with van der Waals surface area (Å²) in [5.41, 5.74) is 21.8. The van der Waals surface area contributed by atoms with E-state index in [1.165, 1.54) is 12.1 Å². The molecule has 2 aromatic carbocycles. The van der Waals surface area contributed by atoms with Crippen molar-refractivity contribution in [3.63, 3.8) is 0 Å². The maximum atomic E-state index is 13.0. The van der Waals surface area contributed by atoms with Gasteiger partial charge in [-0.1, -0.05) is 86.0 Å². The van der Waals surface area contributed by atoms with Crippen LogP contribution < -0.4 is 30.7 Å². The molecule has 3 N–H and O–H groups in total. The lowest BCUT2D eigenvalue weighted by atomic mass is 10.0. The zero-order valence-electron chi connectivity index (χ0n) is 54.9. The molecule has 0 saturated carbocycles. The maximum absolute atomic E-state index is 13.0. The first-order valence-corrected chi connectivity index (χ1v) is 33.7. The highest BCUT2D eigenvalue weighted by Crippen LogP contribution is 2.37. The normalized spacial score (nSPS) is 15.2. The monoisotopic (exact) mass is 1330 g/mol. The molecule has 6 aliphatic rings. The molecule has 15 rings (SSSR count). The molecular weight excluding hydrogens is 1250 g/mol. The summed E-state index contributed by atoms with van der Waals surface area (Å²) in [5, 5.41) is 10.6. The van der Waals surface area contributed by atoms with E-state index in [0.29, 0.717) is 47.7 Å². The fraction of sp³-hybridized carbons (Fsp3) is 0.273. The first-order valence-electron chi connectivity index (χ1n) is 33.3. The molecule has 3 saturated heterocycles. The highest BCUT2D eigenvalue weighted by Gasteiger charge is 2.25. The Morgan fingerprint density at radius 1 is 0.429 bits per heavy atom. The highest BCUT2D eigenvalue weighted by molar-refractivity contribution is 6.31. The molecule has 21 heteroatoms. The van der Waals surface area contributed by atoms with Crippen LogP contribution in [0.4, 0.5) is 21.5 Å². The minimum atomic E-state index is -0.224. The van der Waals surface area contributed by atoms with Crippen LogP contribution in [0.1, 0.15) is 84.8 Å². The Morgan fingerprint density at radius 2 is 0.806 bits per heavy atom. The number of anilines is 3. The van der Waals surface area contributed by atoms with E-state index < -0.39 is 0 Å². The molecule has 0 atom stereocenters. The van der Waals surface area contributed by atoms with Crippen molar-refractivity contribution < 1.29 is 18.6 Å². The summed E-state index contributed by atoms with van der Waals surface area (Å²) >= 11 is 6.23. The van der Waals surface area contributed by atoms with Crippen molar-refractivity contribution >= 4 is 62.5 Å². The molecule has 3 aliphatic heterocycles. The van der Waals surface area contributed by atoms with E-state index in [1.54, 1.807) is 18.3 Å². The third-order valence-electron chi connectivity index (χ3n) is 17.9. The van der Waals surface area contributed by atoms with Gasteiger partial charge < -0.3 is 44.9 Å². The number of fused-ring (bicyclic) bond motifs is 3. The average Bonchev–Trinajstić information content (AvgIpc) is 1.63. The Balaban J connectivity index is 0.000000132. The van der Waals surface area contributed by atoms with Crippen LogP contribution in [-0.4, -0.2) is 148 Å². The number of ether oxygens (including phenoxy) is 3. The molecule has 98 heavy (non-hydrogen) atoms. The molecule has 7 aromatic heterocycles.